The minimum absolute atomic E-state index is 0. The summed E-state index contributed by atoms with van der Waals surface area (Å²) in [5, 5.41) is 13.4. The van der Waals surface area contributed by atoms with Crippen molar-refractivity contribution in [1.82, 2.24) is 0 Å². The fraction of sp³-hybridized carbons (Fsp3) is 0.467. The molecule has 0 bridgehead atoms. The summed E-state index contributed by atoms with van der Waals surface area (Å²) in [6, 6.07) is 7.84. The minimum atomic E-state index is 0. The Labute approximate surface area is 236 Å². The van der Waals surface area contributed by atoms with Crippen molar-refractivity contribution in [2.45, 2.75) is 60.4 Å². The van der Waals surface area contributed by atoms with Crippen LogP contribution in [-0.4, -0.2) is 19.1 Å². The molecular formula is C30H36N2PtS2. The van der Waals surface area contributed by atoms with Crippen LogP contribution in [0.15, 0.2) is 58.4 Å². The van der Waals surface area contributed by atoms with Gasteiger partial charge in [0.05, 0.1) is 0 Å². The van der Waals surface area contributed by atoms with Gasteiger partial charge in [0, 0.05) is 0 Å². The van der Waals surface area contributed by atoms with Crippen LogP contribution < -0.4 is 0 Å². The molecule has 2 atom stereocenters. The third-order valence-electron chi connectivity index (χ3n) is 5.94. The molecular weight excluding hydrogens is 648 g/mol. The Morgan fingerprint density at radius 1 is 0.943 bits per heavy atom. The Balaban J connectivity index is 0.000000332. The molecule has 0 aliphatic carbocycles. The maximum atomic E-state index is 6.62. The summed E-state index contributed by atoms with van der Waals surface area (Å²) in [6.45, 7) is 15.7. The van der Waals surface area contributed by atoms with Gasteiger partial charge in [0.2, 0.25) is 0 Å². The molecule has 2 aromatic heterocycles. The topological polar surface area (TPSA) is 28.2 Å². The maximum Gasteiger partial charge on any atom is 4.00 e. The molecule has 0 radical (unpaired) electrons. The van der Waals surface area contributed by atoms with Crippen LogP contribution >= 0.6 is 22.7 Å². The molecule has 0 amide bonds. The summed E-state index contributed by atoms with van der Waals surface area (Å²) < 4.78 is 0. The average Bonchev–Trinajstić information content (AvgIpc) is 3.53. The van der Waals surface area contributed by atoms with Crippen LogP contribution in [0.25, 0.3) is 10.6 Å². The molecule has 1 fully saturated rings. The summed E-state index contributed by atoms with van der Waals surface area (Å²) in [6.07, 6.45) is 20.2. The first kappa shape index (κ1) is 31.5. The van der Waals surface area contributed by atoms with E-state index in [-0.39, 0.29) is 26.5 Å². The van der Waals surface area contributed by atoms with E-state index in [0.717, 1.165) is 35.2 Å². The summed E-state index contributed by atoms with van der Waals surface area (Å²) in [5.74, 6) is 5.31. The van der Waals surface area contributed by atoms with Gasteiger partial charge < -0.3 is 23.5 Å². The average molecular weight is 684 g/mol. The van der Waals surface area contributed by atoms with Crippen molar-refractivity contribution >= 4 is 22.7 Å². The number of piperidine rings is 1. The third kappa shape index (κ3) is 10.9. The van der Waals surface area contributed by atoms with Gasteiger partial charge in [0.1, 0.15) is 0 Å². The van der Waals surface area contributed by atoms with Crippen LogP contribution in [0.5, 0.6) is 0 Å². The van der Waals surface area contributed by atoms with Gasteiger partial charge in [0.15, 0.2) is 0 Å². The third-order valence-corrected chi connectivity index (χ3v) is 7.51. The molecule has 1 saturated heterocycles. The normalized spacial score (nSPS) is 19.4. The minimum Gasteiger partial charge on any atom is -0.686 e. The number of hydrogen-bond acceptors (Lipinski definition) is 2. The van der Waals surface area contributed by atoms with Gasteiger partial charge in [-0.2, -0.15) is 5.70 Å². The van der Waals surface area contributed by atoms with E-state index >= 15 is 0 Å². The first-order valence-electron chi connectivity index (χ1n) is 11.7. The zero-order valence-electron chi connectivity index (χ0n) is 21.6. The Hall–Kier alpha value is -1.55. The molecule has 4 rings (SSSR count). The molecule has 0 aromatic carbocycles. The largest absolute Gasteiger partial charge is 4.00 e. The molecule has 2 aliphatic rings. The number of rotatable bonds is 1. The van der Waals surface area contributed by atoms with Crippen molar-refractivity contribution in [2.75, 3.05) is 13.1 Å². The monoisotopic (exact) mass is 683 g/mol. The molecule has 5 heteroatoms. The SMILES string of the molecule is CC(C)(C)C1=CC[N-]C(C2CC(C(C)(C)C)CC[N-]2)=C1.[C-]#Cc1cccs1.[C-]#Cc1cccs1.[Pt+4]. The summed E-state index contributed by atoms with van der Waals surface area (Å²) >= 11 is 3.05. The first-order valence-corrected chi connectivity index (χ1v) is 13.5. The standard InChI is InChI=1S/C18H30N2.2C6H3S.Pt/c1-17(2,3)13-7-9-19-15(11-13)16-12-14(8-10-20-16)18(4,5)6;2*1-2-6-4-3-5-7-6;/h7,11,14,16H,8-10,12H2,1-6H3;2*3-5H;/q-2;2*-1;+4. The van der Waals surface area contributed by atoms with Crippen molar-refractivity contribution in [3.63, 3.8) is 0 Å². The van der Waals surface area contributed by atoms with Crippen LogP contribution in [-0.2, 0) is 21.1 Å². The quantitative estimate of drug-likeness (QED) is 0.213. The van der Waals surface area contributed by atoms with Crippen LogP contribution in [0.3, 0.4) is 0 Å². The summed E-state index contributed by atoms with van der Waals surface area (Å²) in [4.78, 5) is 1.78. The van der Waals surface area contributed by atoms with Crippen molar-refractivity contribution < 1.29 is 21.1 Å². The molecule has 2 aromatic rings. The second-order valence-electron chi connectivity index (χ2n) is 10.5. The second-order valence-corrected chi connectivity index (χ2v) is 12.4. The molecule has 2 unspecified atom stereocenters. The molecule has 0 N–H and O–H groups in total. The van der Waals surface area contributed by atoms with Crippen LogP contribution in [0.2, 0.25) is 0 Å². The summed E-state index contributed by atoms with van der Waals surface area (Å²) in [5.41, 5.74) is 3.22. The van der Waals surface area contributed by atoms with Gasteiger partial charge in [-0.3, -0.25) is 11.8 Å². The fourth-order valence-electron chi connectivity index (χ4n) is 3.79. The van der Waals surface area contributed by atoms with Crippen molar-refractivity contribution in [3.8, 4) is 11.8 Å². The maximum absolute atomic E-state index is 6.62. The summed E-state index contributed by atoms with van der Waals surface area (Å²) in [7, 11) is 0. The smallest absolute Gasteiger partial charge is 0.686 e. The molecule has 2 nitrogen and oxygen atoms in total. The Bertz CT molecular complexity index is 960. The Morgan fingerprint density at radius 2 is 1.51 bits per heavy atom. The van der Waals surface area contributed by atoms with E-state index < -0.39 is 0 Å². The predicted octanol–water partition coefficient (Wildman–Crippen LogP) is 8.80. The van der Waals surface area contributed by atoms with E-state index in [1.807, 2.05) is 35.0 Å². The Morgan fingerprint density at radius 3 is 1.91 bits per heavy atom. The predicted molar refractivity (Wildman–Crippen MR) is 149 cm³/mol. The zero-order valence-corrected chi connectivity index (χ0v) is 25.5. The van der Waals surface area contributed by atoms with Crippen LogP contribution in [0, 0.1) is 41.4 Å². The van der Waals surface area contributed by atoms with Gasteiger partial charge >= 0.3 is 21.1 Å². The van der Waals surface area contributed by atoms with Gasteiger partial charge in [-0.25, -0.2) is 22.7 Å². The Kier molecular flexibility index (Phi) is 13.4. The van der Waals surface area contributed by atoms with Gasteiger partial charge in [-0.15, -0.1) is 31.3 Å². The fourth-order valence-corrected chi connectivity index (χ4v) is 4.83. The molecule has 0 spiro atoms. The van der Waals surface area contributed by atoms with E-state index in [4.69, 9.17) is 23.5 Å². The van der Waals surface area contributed by atoms with E-state index in [1.165, 1.54) is 40.4 Å². The number of allylic oxidation sites excluding steroid dienone is 2. The molecule has 35 heavy (non-hydrogen) atoms. The van der Waals surface area contributed by atoms with E-state index in [0.29, 0.717) is 11.5 Å². The van der Waals surface area contributed by atoms with Crippen molar-refractivity contribution in [2.24, 2.45) is 16.7 Å². The van der Waals surface area contributed by atoms with E-state index in [2.05, 4.69) is 65.5 Å². The molecule has 188 valence electrons. The molecule has 2 aliphatic heterocycles. The van der Waals surface area contributed by atoms with Gasteiger partial charge in [-0.05, 0) is 33.1 Å². The van der Waals surface area contributed by atoms with Crippen molar-refractivity contribution in [1.29, 1.82) is 0 Å². The van der Waals surface area contributed by atoms with E-state index in [1.54, 1.807) is 0 Å². The zero-order chi connectivity index (χ0) is 25.2. The van der Waals surface area contributed by atoms with Crippen LogP contribution in [0.1, 0.15) is 64.1 Å². The first-order chi connectivity index (χ1) is 16.0. The van der Waals surface area contributed by atoms with Gasteiger partial charge in [0.25, 0.3) is 0 Å². The molecule has 4 heterocycles. The van der Waals surface area contributed by atoms with Crippen molar-refractivity contribution in [3.05, 3.63) is 91.7 Å². The molecule has 0 saturated carbocycles. The number of nitrogens with zero attached hydrogens (tertiary/aromatic N) is 2. The number of thiophene rings is 2. The second kappa shape index (κ2) is 14.9. The van der Waals surface area contributed by atoms with Gasteiger partial charge in [-0.1, -0.05) is 88.4 Å². The van der Waals surface area contributed by atoms with Crippen LogP contribution in [0.4, 0.5) is 0 Å². The van der Waals surface area contributed by atoms with E-state index in [9.17, 15) is 0 Å². The number of hydrogen-bond donors (Lipinski definition) is 0.